The number of halogens is 1. The Morgan fingerprint density at radius 3 is 3.06 bits per heavy atom. The van der Waals surface area contributed by atoms with Gasteiger partial charge in [0.1, 0.15) is 5.82 Å². The van der Waals surface area contributed by atoms with Crippen molar-refractivity contribution in [3.05, 3.63) is 35.1 Å². The maximum absolute atomic E-state index is 13.7. The molecule has 1 fully saturated rings. The van der Waals surface area contributed by atoms with E-state index in [1.165, 1.54) is 12.1 Å². The van der Waals surface area contributed by atoms with Gasteiger partial charge in [0.05, 0.1) is 30.2 Å². The number of carboxylic acid groups (broad SMARTS) is 1. The number of rotatable bonds is 3. The van der Waals surface area contributed by atoms with E-state index in [2.05, 4.69) is 5.48 Å². The molecular weight excluding hydrogens is 239 g/mol. The highest BCUT2D eigenvalue weighted by atomic mass is 19.1. The fraction of sp³-hybridized carbons (Fsp3) is 0.333. The minimum Gasteiger partial charge on any atom is -0.481 e. The van der Waals surface area contributed by atoms with Crippen LogP contribution in [0.4, 0.5) is 4.39 Å². The molecule has 0 radical (unpaired) electrons. The Bertz CT molecular complexity index is 513. The number of aliphatic carboxylic acids is 1. The van der Waals surface area contributed by atoms with Crippen LogP contribution in [0.3, 0.4) is 0 Å². The standard InChI is InChI=1S/C12H11FN2O3/c13-10-3-7(6-14)1-2-9(10)11-4-8(18-15-11)5-12(16)17/h1-3,8,11,15H,4-5H2,(H,16,17). The fourth-order valence-corrected chi connectivity index (χ4v) is 1.93. The van der Waals surface area contributed by atoms with Crippen molar-refractivity contribution in [3.63, 3.8) is 0 Å². The Kier molecular flexibility index (Phi) is 3.55. The summed E-state index contributed by atoms with van der Waals surface area (Å²) < 4.78 is 13.7. The SMILES string of the molecule is N#Cc1ccc(C2CC(CC(=O)O)ON2)c(F)c1. The smallest absolute Gasteiger partial charge is 0.306 e. The molecule has 2 atom stereocenters. The molecule has 1 saturated heterocycles. The molecule has 1 heterocycles. The second kappa shape index (κ2) is 5.12. The van der Waals surface area contributed by atoms with Gasteiger partial charge in [-0.3, -0.25) is 9.63 Å². The van der Waals surface area contributed by atoms with Gasteiger partial charge in [-0.2, -0.15) is 10.7 Å². The van der Waals surface area contributed by atoms with Gasteiger partial charge in [-0.25, -0.2) is 4.39 Å². The van der Waals surface area contributed by atoms with Gasteiger partial charge < -0.3 is 5.11 Å². The van der Waals surface area contributed by atoms with Crippen LogP contribution in [0.2, 0.25) is 0 Å². The summed E-state index contributed by atoms with van der Waals surface area (Å²) in [5, 5.41) is 17.3. The van der Waals surface area contributed by atoms with Crippen LogP contribution in [0.15, 0.2) is 18.2 Å². The first-order valence-electron chi connectivity index (χ1n) is 5.42. The number of nitrogens with one attached hydrogen (secondary N) is 1. The van der Waals surface area contributed by atoms with Crippen LogP contribution in [0.25, 0.3) is 0 Å². The predicted octanol–water partition coefficient (Wildman–Crippen LogP) is 1.51. The molecule has 0 aromatic heterocycles. The van der Waals surface area contributed by atoms with Crippen LogP contribution in [-0.2, 0) is 9.63 Å². The summed E-state index contributed by atoms with van der Waals surface area (Å²) in [6.07, 6.45) is -0.209. The summed E-state index contributed by atoms with van der Waals surface area (Å²) in [5.41, 5.74) is 3.24. The molecule has 94 valence electrons. The lowest BCUT2D eigenvalue weighted by Gasteiger charge is -2.09. The average molecular weight is 250 g/mol. The summed E-state index contributed by atoms with van der Waals surface area (Å²) in [5.74, 6) is -1.45. The van der Waals surface area contributed by atoms with Crippen molar-refractivity contribution in [1.29, 1.82) is 5.26 Å². The molecule has 6 heteroatoms. The number of nitrogens with zero attached hydrogens (tertiary/aromatic N) is 1. The van der Waals surface area contributed by atoms with Crippen molar-refractivity contribution in [2.45, 2.75) is 25.0 Å². The number of carboxylic acids is 1. The number of hydrogen-bond acceptors (Lipinski definition) is 4. The molecule has 1 aliphatic rings. The number of carbonyl (C=O) groups is 1. The Labute approximate surface area is 103 Å². The van der Waals surface area contributed by atoms with Gasteiger partial charge in [-0.1, -0.05) is 6.07 Å². The van der Waals surface area contributed by atoms with Crippen LogP contribution in [0, 0.1) is 17.1 Å². The molecule has 2 rings (SSSR count). The minimum absolute atomic E-state index is 0.124. The van der Waals surface area contributed by atoms with E-state index in [4.69, 9.17) is 15.2 Å². The van der Waals surface area contributed by atoms with E-state index in [0.717, 1.165) is 6.07 Å². The van der Waals surface area contributed by atoms with Gasteiger partial charge in [-0.05, 0) is 18.6 Å². The van der Waals surface area contributed by atoms with E-state index in [9.17, 15) is 9.18 Å². The third kappa shape index (κ3) is 2.64. The van der Waals surface area contributed by atoms with E-state index in [1.54, 1.807) is 0 Å². The highest BCUT2D eigenvalue weighted by Crippen LogP contribution is 2.28. The second-order valence-electron chi connectivity index (χ2n) is 4.09. The lowest BCUT2D eigenvalue weighted by molar-refractivity contribution is -0.140. The Morgan fingerprint density at radius 1 is 1.67 bits per heavy atom. The van der Waals surface area contributed by atoms with Crippen LogP contribution in [0.5, 0.6) is 0 Å². The second-order valence-corrected chi connectivity index (χ2v) is 4.09. The third-order valence-corrected chi connectivity index (χ3v) is 2.78. The minimum atomic E-state index is -0.956. The van der Waals surface area contributed by atoms with Gasteiger partial charge in [0.2, 0.25) is 0 Å². The number of hydrogen-bond donors (Lipinski definition) is 2. The van der Waals surface area contributed by atoms with Crippen molar-refractivity contribution in [2.75, 3.05) is 0 Å². The molecule has 1 aromatic carbocycles. The van der Waals surface area contributed by atoms with E-state index in [0.29, 0.717) is 12.0 Å². The van der Waals surface area contributed by atoms with Crippen LogP contribution in [-0.4, -0.2) is 17.2 Å². The molecule has 1 aromatic rings. The third-order valence-electron chi connectivity index (χ3n) is 2.78. The van der Waals surface area contributed by atoms with Crippen LogP contribution >= 0.6 is 0 Å². The zero-order valence-corrected chi connectivity index (χ0v) is 9.39. The Balaban J connectivity index is 2.10. The Morgan fingerprint density at radius 2 is 2.44 bits per heavy atom. The summed E-state index contributed by atoms with van der Waals surface area (Å²) in [4.78, 5) is 15.6. The monoisotopic (exact) mass is 250 g/mol. The number of benzene rings is 1. The molecule has 2 N–H and O–H groups in total. The normalized spacial score (nSPS) is 22.7. The quantitative estimate of drug-likeness (QED) is 0.849. The van der Waals surface area contributed by atoms with E-state index in [1.807, 2.05) is 6.07 Å². The van der Waals surface area contributed by atoms with Crippen molar-refractivity contribution >= 4 is 5.97 Å². The molecule has 0 amide bonds. The predicted molar refractivity (Wildman–Crippen MR) is 58.7 cm³/mol. The first-order valence-corrected chi connectivity index (χ1v) is 5.42. The summed E-state index contributed by atoms with van der Waals surface area (Å²) in [6.45, 7) is 0. The maximum Gasteiger partial charge on any atom is 0.306 e. The van der Waals surface area contributed by atoms with Crippen molar-refractivity contribution in [2.24, 2.45) is 0 Å². The topological polar surface area (TPSA) is 82.4 Å². The summed E-state index contributed by atoms with van der Waals surface area (Å²) in [6, 6.07) is 5.65. The van der Waals surface area contributed by atoms with Gasteiger partial charge in [0, 0.05) is 5.56 Å². The molecule has 18 heavy (non-hydrogen) atoms. The molecule has 0 saturated carbocycles. The summed E-state index contributed by atoms with van der Waals surface area (Å²) >= 11 is 0. The van der Waals surface area contributed by atoms with Crippen molar-refractivity contribution < 1.29 is 19.1 Å². The first-order chi connectivity index (χ1) is 8.60. The average Bonchev–Trinajstić information content (AvgIpc) is 2.76. The summed E-state index contributed by atoms with van der Waals surface area (Å²) in [7, 11) is 0. The van der Waals surface area contributed by atoms with Gasteiger partial charge >= 0.3 is 5.97 Å². The van der Waals surface area contributed by atoms with Crippen molar-refractivity contribution in [1.82, 2.24) is 5.48 Å². The number of nitriles is 1. The molecule has 0 aliphatic carbocycles. The molecule has 2 unspecified atom stereocenters. The van der Waals surface area contributed by atoms with Crippen LogP contribution in [0.1, 0.15) is 30.0 Å². The van der Waals surface area contributed by atoms with Crippen LogP contribution < -0.4 is 5.48 Å². The molecule has 0 spiro atoms. The van der Waals surface area contributed by atoms with Crippen molar-refractivity contribution in [3.8, 4) is 6.07 Å². The number of hydroxylamine groups is 1. The van der Waals surface area contributed by atoms with E-state index in [-0.39, 0.29) is 18.0 Å². The van der Waals surface area contributed by atoms with E-state index < -0.39 is 17.9 Å². The highest BCUT2D eigenvalue weighted by molar-refractivity contribution is 5.67. The zero-order chi connectivity index (χ0) is 13.1. The van der Waals surface area contributed by atoms with E-state index >= 15 is 0 Å². The largest absolute Gasteiger partial charge is 0.481 e. The van der Waals surface area contributed by atoms with Gasteiger partial charge in [-0.15, -0.1) is 0 Å². The molecule has 1 aliphatic heterocycles. The molecular formula is C12H11FN2O3. The fourth-order valence-electron chi connectivity index (χ4n) is 1.93. The Hall–Kier alpha value is -1.97. The lowest BCUT2D eigenvalue weighted by atomic mass is 9.99. The molecule has 5 nitrogen and oxygen atoms in total. The van der Waals surface area contributed by atoms with Gasteiger partial charge in [0.25, 0.3) is 0 Å². The zero-order valence-electron chi connectivity index (χ0n) is 9.39. The highest BCUT2D eigenvalue weighted by Gasteiger charge is 2.29. The lowest BCUT2D eigenvalue weighted by Crippen LogP contribution is -2.15. The molecule has 0 bridgehead atoms. The maximum atomic E-state index is 13.7. The van der Waals surface area contributed by atoms with Gasteiger partial charge in [0.15, 0.2) is 0 Å². The first kappa shape index (κ1) is 12.5.